The van der Waals surface area contributed by atoms with E-state index in [1.165, 1.54) is 5.56 Å². The third-order valence-corrected chi connectivity index (χ3v) is 4.24. The minimum absolute atomic E-state index is 0.00101. The van der Waals surface area contributed by atoms with Crippen molar-refractivity contribution in [2.75, 3.05) is 38.0 Å². The van der Waals surface area contributed by atoms with Gasteiger partial charge >= 0.3 is 6.03 Å². The predicted octanol–water partition coefficient (Wildman–Crippen LogP) is 3.08. The fourth-order valence-corrected chi connectivity index (χ4v) is 2.83. The summed E-state index contributed by atoms with van der Waals surface area (Å²) < 4.78 is 0. The highest BCUT2D eigenvalue weighted by atomic mass is 16.2. The maximum absolute atomic E-state index is 12.2. The minimum Gasteiger partial charge on any atom is -0.322 e. The summed E-state index contributed by atoms with van der Waals surface area (Å²) in [7, 11) is 0. The highest BCUT2D eigenvalue weighted by Gasteiger charge is 2.20. The fraction of sp³-hybridized carbons (Fsp3) is 0.316. The number of carbonyl (C=O) groups excluding carboxylic acids is 1. The Morgan fingerprint density at radius 3 is 2.13 bits per heavy atom. The number of nitrogens with zero attached hydrogens (tertiary/aromatic N) is 2. The molecular formula is C19H23N3O. The average Bonchev–Trinajstić information content (AvgIpc) is 2.62. The van der Waals surface area contributed by atoms with Crippen LogP contribution < -0.4 is 5.32 Å². The van der Waals surface area contributed by atoms with E-state index in [1.807, 2.05) is 41.3 Å². The lowest BCUT2D eigenvalue weighted by Crippen LogP contribution is -2.50. The Bertz CT molecular complexity index is 607. The van der Waals surface area contributed by atoms with Gasteiger partial charge in [-0.25, -0.2) is 4.79 Å². The van der Waals surface area contributed by atoms with Crippen molar-refractivity contribution in [1.29, 1.82) is 0 Å². The van der Waals surface area contributed by atoms with Gasteiger partial charge < -0.3 is 10.2 Å². The van der Waals surface area contributed by atoms with Crippen molar-refractivity contribution in [2.45, 2.75) is 6.42 Å². The summed E-state index contributed by atoms with van der Waals surface area (Å²) in [6.07, 6.45) is 1.07. The maximum Gasteiger partial charge on any atom is 0.321 e. The molecule has 3 rings (SSSR count). The Kier molecular flexibility index (Phi) is 5.27. The molecule has 0 unspecified atom stereocenters. The lowest BCUT2D eigenvalue weighted by atomic mass is 10.1. The van der Waals surface area contributed by atoms with Gasteiger partial charge in [0.05, 0.1) is 0 Å². The van der Waals surface area contributed by atoms with Gasteiger partial charge in [0.25, 0.3) is 0 Å². The zero-order chi connectivity index (χ0) is 15.9. The molecule has 1 aliphatic rings. The summed E-state index contributed by atoms with van der Waals surface area (Å²) in [5.41, 5.74) is 2.22. The Morgan fingerprint density at radius 1 is 0.870 bits per heavy atom. The summed E-state index contributed by atoms with van der Waals surface area (Å²) in [6.45, 7) is 4.50. The molecule has 1 heterocycles. The second-order valence-electron chi connectivity index (χ2n) is 5.86. The van der Waals surface area contributed by atoms with Crippen molar-refractivity contribution in [1.82, 2.24) is 9.80 Å². The smallest absolute Gasteiger partial charge is 0.321 e. The van der Waals surface area contributed by atoms with Gasteiger partial charge in [-0.1, -0.05) is 48.5 Å². The van der Waals surface area contributed by atoms with Crippen molar-refractivity contribution >= 4 is 11.7 Å². The Balaban J connectivity index is 1.42. The number of benzene rings is 2. The first-order chi connectivity index (χ1) is 11.3. The largest absolute Gasteiger partial charge is 0.322 e. The SMILES string of the molecule is O=C(Nc1ccccc1)N1CCN(CCc2ccccc2)CC1. The highest BCUT2D eigenvalue weighted by Crippen LogP contribution is 2.09. The van der Waals surface area contributed by atoms with E-state index < -0.39 is 0 Å². The van der Waals surface area contributed by atoms with Crippen molar-refractivity contribution in [3.63, 3.8) is 0 Å². The van der Waals surface area contributed by atoms with Crippen LogP contribution in [0.4, 0.5) is 10.5 Å². The third-order valence-electron chi connectivity index (χ3n) is 4.24. The van der Waals surface area contributed by atoms with E-state index in [4.69, 9.17) is 0 Å². The number of hydrogen-bond acceptors (Lipinski definition) is 2. The number of anilines is 1. The molecule has 23 heavy (non-hydrogen) atoms. The van der Waals surface area contributed by atoms with Crippen LogP contribution in [0, 0.1) is 0 Å². The second kappa shape index (κ2) is 7.79. The quantitative estimate of drug-likeness (QED) is 0.942. The van der Waals surface area contributed by atoms with E-state index >= 15 is 0 Å². The fourth-order valence-electron chi connectivity index (χ4n) is 2.83. The van der Waals surface area contributed by atoms with Gasteiger partial charge in [0, 0.05) is 38.4 Å². The normalized spacial score (nSPS) is 15.4. The van der Waals surface area contributed by atoms with Gasteiger partial charge in [-0.3, -0.25) is 4.90 Å². The van der Waals surface area contributed by atoms with Crippen LogP contribution in [0.3, 0.4) is 0 Å². The number of urea groups is 1. The van der Waals surface area contributed by atoms with Gasteiger partial charge in [-0.05, 0) is 24.1 Å². The number of amides is 2. The van der Waals surface area contributed by atoms with Crippen LogP contribution >= 0.6 is 0 Å². The van der Waals surface area contributed by atoms with Crippen molar-refractivity contribution in [2.24, 2.45) is 0 Å². The zero-order valence-corrected chi connectivity index (χ0v) is 13.3. The Hall–Kier alpha value is -2.33. The maximum atomic E-state index is 12.2. The number of piperazine rings is 1. The first-order valence-corrected chi connectivity index (χ1v) is 8.18. The average molecular weight is 309 g/mol. The third kappa shape index (κ3) is 4.57. The molecule has 0 radical (unpaired) electrons. The summed E-state index contributed by atoms with van der Waals surface area (Å²) in [5, 5.41) is 2.95. The molecule has 1 aliphatic heterocycles. The highest BCUT2D eigenvalue weighted by molar-refractivity contribution is 5.89. The first-order valence-electron chi connectivity index (χ1n) is 8.18. The van der Waals surface area contributed by atoms with Gasteiger partial charge in [-0.15, -0.1) is 0 Å². The van der Waals surface area contributed by atoms with Crippen LogP contribution in [0.15, 0.2) is 60.7 Å². The zero-order valence-electron chi connectivity index (χ0n) is 13.3. The van der Waals surface area contributed by atoms with Crippen LogP contribution in [-0.2, 0) is 6.42 Å². The van der Waals surface area contributed by atoms with Crippen LogP contribution in [0.1, 0.15) is 5.56 Å². The summed E-state index contributed by atoms with van der Waals surface area (Å²) in [6, 6.07) is 20.2. The molecule has 0 aliphatic carbocycles. The number of carbonyl (C=O) groups is 1. The lowest BCUT2D eigenvalue weighted by molar-refractivity contribution is 0.148. The summed E-state index contributed by atoms with van der Waals surface area (Å²) in [5.74, 6) is 0. The summed E-state index contributed by atoms with van der Waals surface area (Å²) >= 11 is 0. The van der Waals surface area contributed by atoms with Crippen LogP contribution in [0.5, 0.6) is 0 Å². The molecule has 1 N–H and O–H groups in total. The number of nitrogens with one attached hydrogen (secondary N) is 1. The van der Waals surface area contributed by atoms with Crippen molar-refractivity contribution < 1.29 is 4.79 Å². The molecule has 1 fully saturated rings. The monoisotopic (exact) mass is 309 g/mol. The molecule has 0 spiro atoms. The van der Waals surface area contributed by atoms with Crippen molar-refractivity contribution in [3.05, 3.63) is 66.2 Å². The van der Waals surface area contributed by atoms with Crippen LogP contribution in [-0.4, -0.2) is 48.6 Å². The Labute approximate surface area is 137 Å². The molecule has 4 heteroatoms. The molecule has 2 aromatic carbocycles. The molecule has 120 valence electrons. The van der Waals surface area contributed by atoms with Gasteiger partial charge in [0.15, 0.2) is 0 Å². The van der Waals surface area contributed by atoms with Gasteiger partial charge in [0.1, 0.15) is 0 Å². The van der Waals surface area contributed by atoms with E-state index in [-0.39, 0.29) is 6.03 Å². The van der Waals surface area contributed by atoms with E-state index in [1.54, 1.807) is 0 Å². The standard InChI is InChI=1S/C19H23N3O/c23-19(20-18-9-5-2-6-10-18)22-15-13-21(14-16-22)12-11-17-7-3-1-4-8-17/h1-10H,11-16H2,(H,20,23). The summed E-state index contributed by atoms with van der Waals surface area (Å²) in [4.78, 5) is 16.6. The molecule has 0 aromatic heterocycles. The van der Waals surface area contributed by atoms with Crippen molar-refractivity contribution in [3.8, 4) is 0 Å². The van der Waals surface area contributed by atoms with Gasteiger partial charge in [-0.2, -0.15) is 0 Å². The molecule has 2 aromatic rings. The lowest BCUT2D eigenvalue weighted by Gasteiger charge is -2.34. The second-order valence-corrected chi connectivity index (χ2v) is 5.86. The molecule has 0 atom stereocenters. The van der Waals surface area contributed by atoms with Crippen LogP contribution in [0.2, 0.25) is 0 Å². The predicted molar refractivity (Wildman–Crippen MR) is 93.6 cm³/mol. The van der Waals surface area contributed by atoms with E-state index in [2.05, 4.69) is 34.5 Å². The first kappa shape index (κ1) is 15.6. The topological polar surface area (TPSA) is 35.6 Å². The minimum atomic E-state index is -0.00101. The number of rotatable bonds is 4. The van der Waals surface area contributed by atoms with E-state index in [0.29, 0.717) is 0 Å². The molecule has 1 saturated heterocycles. The molecule has 0 bridgehead atoms. The van der Waals surface area contributed by atoms with Gasteiger partial charge in [0.2, 0.25) is 0 Å². The number of hydrogen-bond donors (Lipinski definition) is 1. The number of para-hydroxylation sites is 1. The molecule has 2 amide bonds. The molecular weight excluding hydrogens is 286 g/mol. The Morgan fingerprint density at radius 2 is 1.48 bits per heavy atom. The van der Waals surface area contributed by atoms with E-state index in [9.17, 15) is 4.79 Å². The van der Waals surface area contributed by atoms with Crippen LogP contribution in [0.25, 0.3) is 0 Å². The molecule has 4 nitrogen and oxygen atoms in total. The molecule has 0 saturated carbocycles. The van der Waals surface area contributed by atoms with E-state index in [0.717, 1.165) is 44.8 Å².